The van der Waals surface area contributed by atoms with Gasteiger partial charge < -0.3 is 50.7 Å². The average Bonchev–Trinajstić information content (AvgIpc) is 4.21. The Morgan fingerprint density at radius 2 is 1.15 bits per heavy atom. The number of anilines is 8. The molecule has 0 amide bonds. The fourth-order valence-electron chi connectivity index (χ4n) is 9.88. The summed E-state index contributed by atoms with van der Waals surface area (Å²) < 4.78 is 18.9. The van der Waals surface area contributed by atoms with Gasteiger partial charge in [-0.3, -0.25) is 4.57 Å². The van der Waals surface area contributed by atoms with Crippen LogP contribution in [-0.4, -0.2) is 90.4 Å². The Bertz CT molecular complexity index is 4220. The molecule has 21 nitrogen and oxygen atoms in total. The number of pyridine rings is 4. The summed E-state index contributed by atoms with van der Waals surface area (Å²) in [4.78, 5) is 48.5. The normalized spacial score (nSPS) is 13.2. The quantitative estimate of drug-likeness (QED) is 0.0566. The van der Waals surface area contributed by atoms with Gasteiger partial charge in [0.25, 0.3) is 0 Å². The number of nitrogens with one attached hydrogen (secondary N) is 5. The fourth-order valence-corrected chi connectivity index (χ4v) is 9.88. The minimum absolute atomic E-state index is 0.0466. The number of ether oxygens (including phenoxy) is 3. The van der Waals surface area contributed by atoms with Gasteiger partial charge in [-0.1, -0.05) is 24.3 Å². The molecular formula is C59H52N16O5. The number of hydrogen-bond acceptors (Lipinski definition) is 19. The highest BCUT2D eigenvalue weighted by molar-refractivity contribution is 6.05. The largest absolute Gasteiger partial charge is 0.508 e. The number of aromatic amines is 1. The van der Waals surface area contributed by atoms with Crippen molar-refractivity contribution in [2.75, 3.05) is 42.1 Å². The van der Waals surface area contributed by atoms with Crippen LogP contribution in [0.25, 0.3) is 66.4 Å². The Kier molecular flexibility index (Phi) is 13.7. The SMILES string of the molecule is COc1cc(Nc2nccc3c(Nc4ncccc4-c4ncnc5c4ncn5C4CCCCO4)c(C)ccc23)cc(OC)c1.Cc1ccc2c(Nc3cc(O)cc(O)c3)nccc2c1Nc1ncccc1-c1ncnc2nc[nH]c12. The van der Waals surface area contributed by atoms with Crippen LogP contribution in [0.4, 0.5) is 46.0 Å². The first kappa shape index (κ1) is 50.3. The number of phenolic OH excluding ortho intramolecular Hbond substituents is 2. The number of phenols is 2. The van der Waals surface area contributed by atoms with E-state index in [-0.39, 0.29) is 17.7 Å². The number of nitrogens with zero attached hydrogens (tertiary/aromatic N) is 11. The molecular weight excluding hydrogens is 1010 g/mol. The lowest BCUT2D eigenvalue weighted by Crippen LogP contribution is -2.17. The maximum Gasteiger partial charge on any atom is 0.181 e. The first-order chi connectivity index (χ1) is 39.2. The van der Waals surface area contributed by atoms with Crippen molar-refractivity contribution in [2.24, 2.45) is 0 Å². The molecule has 0 spiro atoms. The van der Waals surface area contributed by atoms with Gasteiger partial charge in [0.05, 0.1) is 38.2 Å². The lowest BCUT2D eigenvalue weighted by Gasteiger charge is -2.23. The molecule has 1 fully saturated rings. The molecule has 1 unspecified atom stereocenters. The summed E-state index contributed by atoms with van der Waals surface area (Å²) in [6.45, 7) is 4.83. The summed E-state index contributed by atoms with van der Waals surface area (Å²) in [5.41, 5.74) is 10.9. The highest BCUT2D eigenvalue weighted by atomic mass is 16.5. The number of imidazole rings is 2. The zero-order chi connectivity index (χ0) is 54.7. The summed E-state index contributed by atoms with van der Waals surface area (Å²) in [6.07, 6.45) is 16.5. The van der Waals surface area contributed by atoms with Crippen molar-refractivity contribution in [3.05, 3.63) is 158 Å². The molecule has 13 rings (SSSR count). The number of aryl methyl sites for hydroxylation is 2. The van der Waals surface area contributed by atoms with Crippen molar-refractivity contribution >= 4 is 89.9 Å². The van der Waals surface area contributed by atoms with Gasteiger partial charge in [0.1, 0.15) is 87.6 Å². The molecule has 0 aliphatic carbocycles. The molecule has 80 heavy (non-hydrogen) atoms. The molecule has 12 aromatic rings. The molecule has 0 radical (unpaired) electrons. The zero-order valence-corrected chi connectivity index (χ0v) is 43.8. The molecule has 8 aromatic heterocycles. The van der Waals surface area contributed by atoms with Crippen molar-refractivity contribution in [3.8, 4) is 45.5 Å². The molecule has 1 aliphatic rings. The van der Waals surface area contributed by atoms with Crippen LogP contribution >= 0.6 is 0 Å². The van der Waals surface area contributed by atoms with Gasteiger partial charge in [0, 0.05) is 112 Å². The molecule has 1 saturated heterocycles. The standard InChI is InChI=1S/C33H32N8O3.C26H20N8O2/c1-20-9-10-25-24(11-13-35-31(25)39-21-15-22(42-2)17-23(16-21)43-3)28(20)40-32-26(7-6-12-34-32)29-30-33(37-18-36-29)41(19-38-30)27-8-4-5-14-44-27;1-14-4-5-19-18(6-8-28-24(19)33-15-9-16(35)11-17(36)10-15)21(14)34-25-20(3-2-7-27-25)22-23-26(31-12-29-22)32-13-30-23/h6-7,9-13,15-19,27H,4-5,8,14H2,1-3H3,(H,34,40)(H,35,39);2-13,35-36H,1H3,(H,27,34)(H,28,33)(H,29,30,31,32). The molecule has 1 aliphatic heterocycles. The Hall–Kier alpha value is -10.5. The monoisotopic (exact) mass is 1060 g/mol. The van der Waals surface area contributed by atoms with Crippen molar-refractivity contribution in [3.63, 3.8) is 0 Å². The number of aromatic hydroxyl groups is 2. The molecule has 398 valence electrons. The summed E-state index contributed by atoms with van der Waals surface area (Å²) >= 11 is 0. The van der Waals surface area contributed by atoms with Crippen LogP contribution in [0.2, 0.25) is 0 Å². The average molecular weight is 1070 g/mol. The molecule has 1 atom stereocenters. The second kappa shape index (κ2) is 21.8. The van der Waals surface area contributed by atoms with E-state index in [1.165, 1.54) is 24.5 Å². The lowest BCUT2D eigenvalue weighted by atomic mass is 10.0. The summed E-state index contributed by atoms with van der Waals surface area (Å²) in [6, 6.07) is 29.7. The highest BCUT2D eigenvalue weighted by Gasteiger charge is 2.23. The van der Waals surface area contributed by atoms with E-state index < -0.39 is 0 Å². The lowest BCUT2D eigenvalue weighted by molar-refractivity contribution is -0.0298. The maximum atomic E-state index is 9.85. The van der Waals surface area contributed by atoms with Crippen LogP contribution in [0.15, 0.2) is 147 Å². The number of hydrogen-bond donors (Lipinski definition) is 7. The van der Waals surface area contributed by atoms with E-state index in [4.69, 9.17) is 24.2 Å². The van der Waals surface area contributed by atoms with Crippen LogP contribution < -0.4 is 30.7 Å². The van der Waals surface area contributed by atoms with Crippen LogP contribution in [-0.2, 0) is 4.74 Å². The third-order valence-corrected chi connectivity index (χ3v) is 13.7. The van der Waals surface area contributed by atoms with E-state index in [1.54, 1.807) is 58.0 Å². The van der Waals surface area contributed by atoms with Gasteiger partial charge >= 0.3 is 0 Å². The fraction of sp³-hybridized carbons (Fsp3) is 0.153. The number of fused-ring (bicyclic) bond motifs is 4. The topological polar surface area (TPSA) is 266 Å². The Balaban J connectivity index is 0.000000162. The number of methoxy groups -OCH3 is 2. The van der Waals surface area contributed by atoms with Crippen molar-refractivity contribution < 1.29 is 24.4 Å². The van der Waals surface area contributed by atoms with Gasteiger partial charge in [0.2, 0.25) is 0 Å². The van der Waals surface area contributed by atoms with Gasteiger partial charge in [-0.15, -0.1) is 0 Å². The molecule has 7 N–H and O–H groups in total. The highest BCUT2D eigenvalue weighted by Crippen LogP contribution is 2.40. The van der Waals surface area contributed by atoms with Crippen LogP contribution in [0, 0.1) is 13.8 Å². The number of benzene rings is 4. The van der Waals surface area contributed by atoms with E-state index in [9.17, 15) is 10.2 Å². The van der Waals surface area contributed by atoms with E-state index >= 15 is 0 Å². The van der Waals surface area contributed by atoms with Crippen molar-refractivity contribution in [1.29, 1.82) is 0 Å². The molecule has 4 aromatic carbocycles. The number of H-pyrrole nitrogens is 1. The van der Waals surface area contributed by atoms with Crippen LogP contribution in [0.1, 0.15) is 36.6 Å². The van der Waals surface area contributed by atoms with Crippen LogP contribution in [0.3, 0.4) is 0 Å². The number of rotatable bonds is 13. The van der Waals surface area contributed by atoms with E-state index in [0.717, 1.165) is 97.9 Å². The van der Waals surface area contributed by atoms with E-state index in [2.05, 4.69) is 85.2 Å². The third-order valence-electron chi connectivity index (χ3n) is 13.7. The predicted octanol–water partition coefficient (Wildman–Crippen LogP) is 12.1. The second-order valence-electron chi connectivity index (χ2n) is 18.9. The Morgan fingerprint density at radius 1 is 0.562 bits per heavy atom. The minimum atomic E-state index is -0.0733. The zero-order valence-electron chi connectivity index (χ0n) is 43.8. The molecule has 9 heterocycles. The summed E-state index contributed by atoms with van der Waals surface area (Å²) in [5, 5.41) is 37.2. The van der Waals surface area contributed by atoms with Gasteiger partial charge in [-0.25, -0.2) is 49.8 Å². The molecule has 0 saturated carbocycles. The second-order valence-corrected chi connectivity index (χ2v) is 18.9. The molecule has 21 heteroatoms. The van der Waals surface area contributed by atoms with Gasteiger partial charge in [-0.05, 0) is 80.6 Å². The predicted molar refractivity (Wildman–Crippen MR) is 308 cm³/mol. The number of aromatic nitrogens is 12. The summed E-state index contributed by atoms with van der Waals surface area (Å²) in [7, 11) is 3.26. The minimum Gasteiger partial charge on any atom is -0.508 e. The first-order valence-corrected chi connectivity index (χ1v) is 25.6. The first-order valence-electron chi connectivity index (χ1n) is 25.6. The van der Waals surface area contributed by atoms with E-state index in [0.29, 0.717) is 63.0 Å². The van der Waals surface area contributed by atoms with Crippen molar-refractivity contribution in [1.82, 2.24) is 59.4 Å². The van der Waals surface area contributed by atoms with Gasteiger partial charge in [0.15, 0.2) is 11.3 Å². The third kappa shape index (κ3) is 10.0. The Morgan fingerprint density at radius 3 is 1.76 bits per heavy atom. The smallest absolute Gasteiger partial charge is 0.181 e. The van der Waals surface area contributed by atoms with E-state index in [1.807, 2.05) is 78.2 Å². The summed E-state index contributed by atoms with van der Waals surface area (Å²) in [5.74, 6) is 3.85. The molecule has 0 bridgehead atoms. The van der Waals surface area contributed by atoms with Crippen LogP contribution in [0.5, 0.6) is 23.0 Å². The Labute approximate surface area is 457 Å². The van der Waals surface area contributed by atoms with Crippen molar-refractivity contribution in [2.45, 2.75) is 39.3 Å². The van der Waals surface area contributed by atoms with Gasteiger partial charge in [-0.2, -0.15) is 0 Å². The maximum absolute atomic E-state index is 9.85.